The molecule has 3 heterocycles. The van der Waals surface area contributed by atoms with Gasteiger partial charge in [-0.1, -0.05) is 11.6 Å². The van der Waals surface area contributed by atoms with Crippen molar-refractivity contribution >= 4 is 33.7 Å². The zero-order valence-corrected chi connectivity index (χ0v) is 19.1. The number of aromatic amines is 1. The molecule has 2 atom stereocenters. The molecule has 1 saturated carbocycles. The van der Waals surface area contributed by atoms with Gasteiger partial charge < -0.3 is 14.8 Å². The molecular formula is C24H20ClFN6O2. The van der Waals surface area contributed by atoms with Crippen LogP contribution in [0.25, 0.3) is 33.3 Å². The summed E-state index contributed by atoms with van der Waals surface area (Å²) >= 11 is 6.62. The van der Waals surface area contributed by atoms with Crippen molar-refractivity contribution < 1.29 is 14.2 Å². The number of halogens is 2. The summed E-state index contributed by atoms with van der Waals surface area (Å²) in [5.74, 6) is 0.310. The quantitative estimate of drug-likeness (QED) is 0.361. The molecule has 2 unspecified atom stereocenters. The molecule has 0 amide bonds. The summed E-state index contributed by atoms with van der Waals surface area (Å²) in [6.07, 6.45) is 6.79. The van der Waals surface area contributed by atoms with E-state index in [0.717, 1.165) is 18.4 Å². The topological polar surface area (TPSA) is 102 Å². The first kappa shape index (κ1) is 21.0. The third-order valence-electron chi connectivity index (χ3n) is 6.37. The lowest BCUT2D eigenvalue weighted by molar-refractivity contribution is -0.0737. The minimum absolute atomic E-state index is 0.0122. The molecule has 0 aliphatic heterocycles. The summed E-state index contributed by atoms with van der Waals surface area (Å²) in [7, 11) is 0. The van der Waals surface area contributed by atoms with Crippen molar-refractivity contribution in [2.75, 3.05) is 0 Å². The Bertz CT molecular complexity index is 1580. The Labute approximate surface area is 198 Å². The monoisotopic (exact) mass is 478 g/mol. The molecule has 0 spiro atoms. The molecule has 6 rings (SSSR count). The summed E-state index contributed by atoms with van der Waals surface area (Å²) in [5.41, 5.74) is 2.37. The molecule has 5 aromatic rings. The molecule has 8 nitrogen and oxygen atoms in total. The molecule has 10 heteroatoms. The molecule has 2 N–H and O–H groups in total. The van der Waals surface area contributed by atoms with Gasteiger partial charge in [-0.25, -0.2) is 14.4 Å². The lowest BCUT2D eigenvalue weighted by atomic mass is 9.76. The zero-order valence-electron chi connectivity index (χ0n) is 18.4. The Morgan fingerprint density at radius 1 is 1.18 bits per heavy atom. The maximum Gasteiger partial charge on any atom is 0.193 e. The highest BCUT2D eigenvalue weighted by molar-refractivity contribution is 6.36. The van der Waals surface area contributed by atoms with E-state index >= 15 is 0 Å². The van der Waals surface area contributed by atoms with E-state index in [1.165, 1.54) is 6.07 Å². The van der Waals surface area contributed by atoms with Gasteiger partial charge in [0.25, 0.3) is 0 Å². The van der Waals surface area contributed by atoms with Crippen molar-refractivity contribution in [3.05, 3.63) is 59.5 Å². The number of aliphatic hydroxyl groups is 1. The maximum absolute atomic E-state index is 14.9. The third-order valence-corrected chi connectivity index (χ3v) is 6.74. The van der Waals surface area contributed by atoms with Crippen LogP contribution in [0.1, 0.15) is 31.6 Å². The van der Waals surface area contributed by atoms with Gasteiger partial charge >= 0.3 is 0 Å². The molecular weight excluding hydrogens is 459 g/mol. The first-order chi connectivity index (χ1) is 16.3. The zero-order chi connectivity index (χ0) is 23.6. The van der Waals surface area contributed by atoms with Gasteiger partial charge in [0, 0.05) is 11.8 Å². The fourth-order valence-corrected chi connectivity index (χ4v) is 4.58. The second-order valence-electron chi connectivity index (χ2n) is 8.82. The smallest absolute Gasteiger partial charge is 0.193 e. The molecule has 0 saturated heterocycles. The van der Waals surface area contributed by atoms with Crippen LogP contribution >= 0.6 is 11.6 Å². The van der Waals surface area contributed by atoms with Gasteiger partial charge in [-0.3, -0.25) is 9.67 Å². The predicted molar refractivity (Wildman–Crippen MR) is 126 cm³/mol. The summed E-state index contributed by atoms with van der Waals surface area (Å²) in [4.78, 5) is 16.3. The van der Waals surface area contributed by atoms with Crippen LogP contribution in [0.3, 0.4) is 0 Å². The van der Waals surface area contributed by atoms with Gasteiger partial charge in [0.1, 0.15) is 27.6 Å². The van der Waals surface area contributed by atoms with E-state index in [1.807, 2.05) is 13.1 Å². The second kappa shape index (κ2) is 7.48. The lowest BCUT2D eigenvalue weighted by Crippen LogP contribution is -2.45. The SMILES string of the molecule is Cc1nc2c(F)c(Oc3ccc4ncc(-c5cnn(C6CCC6(C)O)c5)nc4c3Cl)ccc2[nH]1. The first-order valence-electron chi connectivity index (χ1n) is 10.8. The fraction of sp³-hybridized carbons (Fsp3) is 0.250. The maximum atomic E-state index is 14.9. The van der Waals surface area contributed by atoms with Gasteiger partial charge in [0.05, 0.1) is 40.8 Å². The standard InChI is InChI=1S/C24H20ClFN6O2/c1-12-29-15-4-6-18(21(26)23(15)30-12)34-17-5-3-14-22(20(17)25)31-16(10-27-14)13-9-28-32(11-13)19-7-8-24(19,2)33/h3-6,9-11,19,33H,7-8H2,1-2H3,(H,29,30). The molecule has 34 heavy (non-hydrogen) atoms. The second-order valence-corrected chi connectivity index (χ2v) is 9.20. The number of benzene rings is 2. The molecule has 1 fully saturated rings. The molecule has 0 radical (unpaired) electrons. The highest BCUT2D eigenvalue weighted by Gasteiger charge is 2.42. The number of ether oxygens (including phenoxy) is 1. The molecule has 1 aliphatic carbocycles. The van der Waals surface area contributed by atoms with E-state index < -0.39 is 11.4 Å². The van der Waals surface area contributed by atoms with E-state index in [4.69, 9.17) is 16.3 Å². The van der Waals surface area contributed by atoms with Crippen LogP contribution < -0.4 is 4.74 Å². The number of nitrogens with one attached hydrogen (secondary N) is 1. The van der Waals surface area contributed by atoms with E-state index in [1.54, 1.807) is 42.2 Å². The van der Waals surface area contributed by atoms with Crippen LogP contribution in [-0.4, -0.2) is 40.4 Å². The molecule has 3 aromatic heterocycles. The summed E-state index contributed by atoms with van der Waals surface area (Å²) in [6, 6.07) is 6.52. The predicted octanol–water partition coefficient (Wildman–Crippen LogP) is 5.35. The van der Waals surface area contributed by atoms with Crippen LogP contribution in [0.2, 0.25) is 5.02 Å². The Kier molecular flexibility index (Phi) is 4.62. The number of aryl methyl sites for hydroxylation is 1. The van der Waals surface area contributed by atoms with Gasteiger partial charge in [-0.05, 0) is 51.0 Å². The van der Waals surface area contributed by atoms with E-state index in [2.05, 4.69) is 25.0 Å². The Balaban J connectivity index is 1.35. The number of nitrogens with zero attached hydrogens (tertiary/aromatic N) is 5. The summed E-state index contributed by atoms with van der Waals surface area (Å²) < 4.78 is 22.5. The minimum Gasteiger partial charge on any atom is -0.453 e. The van der Waals surface area contributed by atoms with Crippen molar-refractivity contribution in [3.63, 3.8) is 0 Å². The van der Waals surface area contributed by atoms with Gasteiger partial charge in [-0.15, -0.1) is 0 Å². The van der Waals surface area contributed by atoms with E-state index in [-0.39, 0.29) is 28.1 Å². The van der Waals surface area contributed by atoms with E-state index in [0.29, 0.717) is 28.1 Å². The molecule has 2 aromatic carbocycles. The first-order valence-corrected chi connectivity index (χ1v) is 11.2. The van der Waals surface area contributed by atoms with Crippen molar-refractivity contribution in [1.29, 1.82) is 0 Å². The van der Waals surface area contributed by atoms with Crippen molar-refractivity contribution in [2.24, 2.45) is 0 Å². The average molecular weight is 479 g/mol. The molecule has 1 aliphatic rings. The highest BCUT2D eigenvalue weighted by atomic mass is 35.5. The number of H-pyrrole nitrogens is 1. The summed E-state index contributed by atoms with van der Waals surface area (Å²) in [5, 5.41) is 15.0. The van der Waals surface area contributed by atoms with Gasteiger partial charge in [-0.2, -0.15) is 5.10 Å². The molecule has 0 bridgehead atoms. The average Bonchev–Trinajstić information content (AvgIpc) is 3.43. The number of rotatable bonds is 4. The third kappa shape index (κ3) is 3.31. The lowest BCUT2D eigenvalue weighted by Gasteiger charge is -2.42. The van der Waals surface area contributed by atoms with Crippen LogP contribution in [0.15, 0.2) is 42.9 Å². The number of imidazole rings is 1. The number of aromatic nitrogens is 6. The number of hydrogen-bond acceptors (Lipinski definition) is 6. The number of fused-ring (bicyclic) bond motifs is 2. The number of hydrogen-bond donors (Lipinski definition) is 2. The highest BCUT2D eigenvalue weighted by Crippen LogP contribution is 2.42. The van der Waals surface area contributed by atoms with Crippen LogP contribution in [-0.2, 0) is 0 Å². The minimum atomic E-state index is -0.763. The van der Waals surface area contributed by atoms with Crippen LogP contribution in [0.5, 0.6) is 11.5 Å². The van der Waals surface area contributed by atoms with Crippen molar-refractivity contribution in [3.8, 4) is 22.8 Å². The van der Waals surface area contributed by atoms with Crippen LogP contribution in [0, 0.1) is 12.7 Å². The fourth-order valence-electron chi connectivity index (χ4n) is 4.34. The van der Waals surface area contributed by atoms with Gasteiger partial charge in [0.15, 0.2) is 11.6 Å². The van der Waals surface area contributed by atoms with Crippen molar-refractivity contribution in [1.82, 2.24) is 29.7 Å². The van der Waals surface area contributed by atoms with E-state index in [9.17, 15) is 9.50 Å². The molecule has 172 valence electrons. The Morgan fingerprint density at radius 2 is 2.00 bits per heavy atom. The Morgan fingerprint density at radius 3 is 2.76 bits per heavy atom. The van der Waals surface area contributed by atoms with Crippen LogP contribution in [0.4, 0.5) is 4.39 Å². The normalized spacial score (nSPS) is 20.1. The van der Waals surface area contributed by atoms with Gasteiger partial charge in [0.2, 0.25) is 0 Å². The Hall–Kier alpha value is -3.56. The summed E-state index contributed by atoms with van der Waals surface area (Å²) in [6.45, 7) is 3.57. The largest absolute Gasteiger partial charge is 0.453 e. The van der Waals surface area contributed by atoms with Crippen molar-refractivity contribution in [2.45, 2.75) is 38.3 Å².